The molecule has 29 heavy (non-hydrogen) atoms. The third kappa shape index (κ3) is 4.64. The van der Waals surface area contributed by atoms with Crippen molar-refractivity contribution in [2.75, 3.05) is 20.0 Å². The van der Waals surface area contributed by atoms with Crippen molar-refractivity contribution in [2.24, 2.45) is 0 Å². The Morgan fingerprint density at radius 1 is 1.21 bits per heavy atom. The van der Waals surface area contributed by atoms with Gasteiger partial charge in [0.1, 0.15) is 11.4 Å². The number of methoxy groups -OCH3 is 2. The minimum atomic E-state index is -0.533. The number of carbonyl (C=O) groups excluding carboxylic acids is 2. The van der Waals surface area contributed by atoms with E-state index in [4.69, 9.17) is 9.47 Å². The van der Waals surface area contributed by atoms with Crippen LogP contribution in [0.15, 0.2) is 42.6 Å². The molecule has 0 saturated carbocycles. The molecule has 2 unspecified atom stereocenters. The summed E-state index contributed by atoms with van der Waals surface area (Å²) in [5, 5.41) is 2.65. The second-order valence-corrected chi connectivity index (χ2v) is 7.62. The minimum Gasteiger partial charge on any atom is -0.493 e. The van der Waals surface area contributed by atoms with Crippen LogP contribution in [0, 0.1) is 0 Å². The molecule has 1 N–H and O–H groups in total. The number of nitrogens with zero attached hydrogens (tertiary/aromatic N) is 2. The van der Waals surface area contributed by atoms with Crippen LogP contribution < -0.4 is 14.8 Å². The van der Waals surface area contributed by atoms with E-state index in [9.17, 15) is 9.59 Å². The SMILES string of the molecule is CCC(=O)N1C(C(=O)NCc2ccccn2)CSC1c1ccc(OC)c(OC)c1. The lowest BCUT2D eigenvalue weighted by Gasteiger charge is -2.29. The third-order valence-corrected chi connectivity index (χ3v) is 6.08. The summed E-state index contributed by atoms with van der Waals surface area (Å²) in [4.78, 5) is 31.5. The number of nitrogens with one attached hydrogen (secondary N) is 1. The van der Waals surface area contributed by atoms with Gasteiger partial charge in [-0.3, -0.25) is 14.6 Å². The van der Waals surface area contributed by atoms with Crippen LogP contribution in [0.4, 0.5) is 0 Å². The molecule has 1 aromatic heterocycles. The minimum absolute atomic E-state index is 0.0622. The van der Waals surface area contributed by atoms with E-state index in [-0.39, 0.29) is 17.2 Å². The summed E-state index contributed by atoms with van der Waals surface area (Å²) in [6, 6.07) is 10.6. The Balaban J connectivity index is 1.79. The molecule has 1 aliphatic heterocycles. The summed E-state index contributed by atoms with van der Waals surface area (Å²) in [5.74, 6) is 1.51. The smallest absolute Gasteiger partial charge is 0.244 e. The summed E-state index contributed by atoms with van der Waals surface area (Å²) in [6.45, 7) is 2.13. The fraction of sp³-hybridized carbons (Fsp3) is 0.381. The molecule has 2 aromatic rings. The van der Waals surface area contributed by atoms with Gasteiger partial charge in [-0.15, -0.1) is 11.8 Å². The van der Waals surface area contributed by atoms with Gasteiger partial charge in [0.15, 0.2) is 11.5 Å². The van der Waals surface area contributed by atoms with E-state index in [1.807, 2.05) is 36.4 Å². The molecule has 1 aliphatic rings. The van der Waals surface area contributed by atoms with Crippen molar-refractivity contribution in [1.82, 2.24) is 15.2 Å². The van der Waals surface area contributed by atoms with Crippen molar-refractivity contribution in [3.63, 3.8) is 0 Å². The van der Waals surface area contributed by atoms with Crippen LogP contribution in [0.25, 0.3) is 0 Å². The van der Waals surface area contributed by atoms with Crippen LogP contribution in [0.2, 0.25) is 0 Å². The quantitative estimate of drug-likeness (QED) is 0.749. The maximum Gasteiger partial charge on any atom is 0.244 e. The van der Waals surface area contributed by atoms with Gasteiger partial charge >= 0.3 is 0 Å². The monoisotopic (exact) mass is 415 g/mol. The summed E-state index contributed by atoms with van der Waals surface area (Å²) < 4.78 is 10.7. The van der Waals surface area contributed by atoms with Gasteiger partial charge in [-0.1, -0.05) is 19.1 Å². The highest BCUT2D eigenvalue weighted by Gasteiger charge is 2.41. The second kappa shape index (κ2) is 9.65. The molecule has 1 aromatic carbocycles. The number of amides is 2. The molecule has 1 saturated heterocycles. The molecule has 2 heterocycles. The van der Waals surface area contributed by atoms with Gasteiger partial charge in [0.25, 0.3) is 0 Å². The van der Waals surface area contributed by atoms with Crippen molar-refractivity contribution in [3.8, 4) is 11.5 Å². The predicted molar refractivity (Wildman–Crippen MR) is 112 cm³/mol. The second-order valence-electron chi connectivity index (χ2n) is 6.51. The summed E-state index contributed by atoms with van der Waals surface area (Å²) in [7, 11) is 3.16. The lowest BCUT2D eigenvalue weighted by Crippen LogP contribution is -2.47. The Morgan fingerprint density at radius 3 is 2.66 bits per heavy atom. The zero-order valence-corrected chi connectivity index (χ0v) is 17.6. The number of aromatic nitrogens is 1. The number of rotatable bonds is 7. The lowest BCUT2D eigenvalue weighted by atomic mass is 10.1. The van der Waals surface area contributed by atoms with Crippen LogP contribution in [-0.2, 0) is 16.1 Å². The highest BCUT2D eigenvalue weighted by atomic mass is 32.2. The summed E-state index contributed by atoms with van der Waals surface area (Å²) in [5.41, 5.74) is 1.67. The van der Waals surface area contributed by atoms with Crippen LogP contribution in [0.1, 0.15) is 30.0 Å². The molecule has 0 spiro atoms. The average molecular weight is 416 g/mol. The maximum atomic E-state index is 12.9. The zero-order chi connectivity index (χ0) is 20.8. The van der Waals surface area contributed by atoms with E-state index in [1.54, 1.807) is 44.0 Å². The number of ether oxygens (including phenoxy) is 2. The Bertz CT molecular complexity index is 862. The van der Waals surface area contributed by atoms with Gasteiger partial charge in [-0.25, -0.2) is 0 Å². The third-order valence-electron chi connectivity index (χ3n) is 4.76. The van der Waals surface area contributed by atoms with E-state index in [0.717, 1.165) is 11.3 Å². The van der Waals surface area contributed by atoms with E-state index in [2.05, 4.69) is 10.3 Å². The van der Waals surface area contributed by atoms with Crippen molar-refractivity contribution in [2.45, 2.75) is 31.3 Å². The topological polar surface area (TPSA) is 80.8 Å². The molecule has 0 aliphatic carbocycles. The molecule has 2 amide bonds. The molecular formula is C21H25N3O4S. The van der Waals surface area contributed by atoms with Crippen molar-refractivity contribution < 1.29 is 19.1 Å². The van der Waals surface area contributed by atoms with Crippen LogP contribution in [0.3, 0.4) is 0 Å². The highest BCUT2D eigenvalue weighted by molar-refractivity contribution is 7.99. The first-order valence-corrected chi connectivity index (χ1v) is 10.5. The van der Waals surface area contributed by atoms with Gasteiger partial charge in [-0.05, 0) is 29.8 Å². The fourth-order valence-corrected chi connectivity index (χ4v) is 4.70. The number of hydrogen-bond acceptors (Lipinski definition) is 6. The number of hydrogen-bond donors (Lipinski definition) is 1. The first-order valence-electron chi connectivity index (χ1n) is 9.41. The molecule has 8 heteroatoms. The molecular weight excluding hydrogens is 390 g/mol. The maximum absolute atomic E-state index is 12.9. The van der Waals surface area contributed by atoms with Crippen LogP contribution >= 0.6 is 11.8 Å². The van der Waals surface area contributed by atoms with E-state index >= 15 is 0 Å². The standard InChI is InChI=1S/C21H25N3O4S/c1-4-19(25)24-16(20(26)23-12-15-7-5-6-10-22-15)13-29-21(24)14-8-9-17(27-2)18(11-14)28-3/h5-11,16,21H,4,12-13H2,1-3H3,(H,23,26). The number of pyridine rings is 1. The largest absolute Gasteiger partial charge is 0.493 e. The average Bonchev–Trinajstić information content (AvgIpc) is 3.22. The van der Waals surface area contributed by atoms with Crippen molar-refractivity contribution >= 4 is 23.6 Å². The Morgan fingerprint density at radius 2 is 2.00 bits per heavy atom. The molecule has 2 atom stereocenters. The van der Waals surface area contributed by atoms with Crippen LogP contribution in [0.5, 0.6) is 11.5 Å². The Labute approximate surface area is 174 Å². The normalized spacial score (nSPS) is 18.4. The van der Waals surface area contributed by atoms with Gasteiger partial charge < -0.3 is 19.7 Å². The van der Waals surface area contributed by atoms with Gasteiger partial charge in [0.2, 0.25) is 11.8 Å². The molecule has 0 radical (unpaired) electrons. The highest BCUT2D eigenvalue weighted by Crippen LogP contribution is 2.44. The number of benzene rings is 1. The van der Waals surface area contributed by atoms with Crippen LogP contribution in [-0.4, -0.2) is 47.7 Å². The summed E-state index contributed by atoms with van der Waals surface area (Å²) >= 11 is 1.57. The summed E-state index contributed by atoms with van der Waals surface area (Å²) in [6.07, 6.45) is 2.02. The van der Waals surface area contributed by atoms with Gasteiger partial charge in [0, 0.05) is 18.4 Å². The molecule has 0 bridgehead atoms. The van der Waals surface area contributed by atoms with Crippen molar-refractivity contribution in [3.05, 3.63) is 53.9 Å². The first-order chi connectivity index (χ1) is 14.1. The molecule has 1 fully saturated rings. The van der Waals surface area contributed by atoms with Crippen molar-refractivity contribution in [1.29, 1.82) is 0 Å². The zero-order valence-electron chi connectivity index (χ0n) is 16.8. The van der Waals surface area contributed by atoms with E-state index in [1.165, 1.54) is 0 Å². The predicted octanol–water partition coefficient (Wildman–Crippen LogP) is 2.77. The molecule has 154 valence electrons. The lowest BCUT2D eigenvalue weighted by molar-refractivity contribution is -0.139. The molecule has 7 nitrogen and oxygen atoms in total. The molecule has 3 rings (SSSR count). The van der Waals surface area contributed by atoms with E-state index < -0.39 is 6.04 Å². The Kier molecular flexibility index (Phi) is 6.98. The fourth-order valence-electron chi connectivity index (χ4n) is 3.26. The Hall–Kier alpha value is -2.74. The number of thioether (sulfide) groups is 1. The van der Waals surface area contributed by atoms with Gasteiger partial charge in [0.05, 0.1) is 26.5 Å². The van der Waals surface area contributed by atoms with E-state index in [0.29, 0.717) is 30.2 Å². The van der Waals surface area contributed by atoms with Gasteiger partial charge in [-0.2, -0.15) is 0 Å². The number of carbonyl (C=O) groups is 2. The first kappa shape index (κ1) is 21.0.